The number of carbonyl (C=O) groups is 2. The van der Waals surface area contributed by atoms with Crippen LogP contribution in [0.2, 0.25) is 0 Å². The van der Waals surface area contributed by atoms with Crippen molar-refractivity contribution in [3.05, 3.63) is 22.8 Å². The van der Waals surface area contributed by atoms with E-state index in [1.54, 1.807) is 11.6 Å². The number of hydrogen-bond donors (Lipinski definition) is 2. The molecule has 0 radical (unpaired) electrons. The summed E-state index contributed by atoms with van der Waals surface area (Å²) in [5.74, 6) is -2.65. The lowest BCUT2D eigenvalue weighted by molar-refractivity contribution is -0.146. The van der Waals surface area contributed by atoms with Crippen molar-refractivity contribution in [3.8, 4) is 0 Å². The molecule has 2 atom stereocenters. The summed E-state index contributed by atoms with van der Waals surface area (Å²) in [6.07, 6.45) is 3.74. The van der Waals surface area contributed by atoms with Crippen molar-refractivity contribution in [2.75, 3.05) is 5.32 Å². The molecule has 0 aliphatic heterocycles. The number of allylic oxidation sites excluding steroid dienone is 2. The van der Waals surface area contributed by atoms with Gasteiger partial charge in [0.05, 0.1) is 23.5 Å². The Kier molecular flexibility index (Phi) is 3.98. The fraction of sp³-hybridized carbons (Fsp3) is 0.364. The molecule has 96 valence electrons. The van der Waals surface area contributed by atoms with Crippen LogP contribution in [0.25, 0.3) is 0 Å². The Morgan fingerprint density at radius 3 is 2.89 bits per heavy atom. The van der Waals surface area contributed by atoms with Crippen LogP contribution in [0.3, 0.4) is 0 Å². The van der Waals surface area contributed by atoms with Gasteiger partial charge in [-0.2, -0.15) is 0 Å². The first-order valence-electron chi connectivity index (χ1n) is 5.34. The lowest BCUT2D eigenvalue weighted by Crippen LogP contribution is -2.35. The molecule has 0 saturated heterocycles. The number of aromatic nitrogens is 1. The van der Waals surface area contributed by atoms with E-state index >= 15 is 0 Å². The van der Waals surface area contributed by atoms with Gasteiger partial charge in [-0.15, -0.1) is 11.3 Å². The number of thiazole rings is 1. The number of rotatable bonds is 3. The highest BCUT2D eigenvalue weighted by Gasteiger charge is 2.36. The second-order valence-corrected chi connectivity index (χ2v) is 5.37. The number of carboxylic acid groups (broad SMARTS) is 1. The molecule has 0 bridgehead atoms. The molecule has 1 aromatic rings. The molecule has 0 spiro atoms. The maximum absolute atomic E-state index is 12.0. The fourth-order valence-electron chi connectivity index (χ4n) is 1.89. The summed E-state index contributed by atoms with van der Waals surface area (Å²) in [4.78, 5) is 27.0. The number of halogens is 1. The summed E-state index contributed by atoms with van der Waals surface area (Å²) in [7, 11) is 0. The van der Waals surface area contributed by atoms with E-state index in [0.717, 1.165) is 0 Å². The van der Waals surface area contributed by atoms with Gasteiger partial charge >= 0.3 is 5.97 Å². The minimum atomic E-state index is -0.972. The molecule has 1 aliphatic carbocycles. The normalized spacial score (nSPS) is 23.3. The monoisotopic (exact) mass is 286 g/mol. The Balaban J connectivity index is 2.11. The molecule has 2 rings (SSSR count). The molecule has 1 aromatic heterocycles. The molecule has 1 aliphatic rings. The first-order chi connectivity index (χ1) is 8.58. The fourth-order valence-corrected chi connectivity index (χ4v) is 2.67. The molecule has 18 heavy (non-hydrogen) atoms. The lowest BCUT2D eigenvalue weighted by atomic mass is 9.82. The summed E-state index contributed by atoms with van der Waals surface area (Å²) in [5, 5.41) is 12.9. The molecule has 0 fully saturated rings. The Bertz CT molecular complexity index is 486. The SMILES string of the molecule is O=C(O)[C@H]1CC=C(Cl)C[C@@H]1C(=O)Nc1cncs1. The van der Waals surface area contributed by atoms with Crippen molar-refractivity contribution in [1.29, 1.82) is 0 Å². The third kappa shape index (κ3) is 2.88. The van der Waals surface area contributed by atoms with Gasteiger partial charge in [0, 0.05) is 5.03 Å². The second kappa shape index (κ2) is 5.49. The van der Waals surface area contributed by atoms with Crippen molar-refractivity contribution >= 4 is 39.8 Å². The highest BCUT2D eigenvalue weighted by atomic mass is 35.5. The average Bonchev–Trinajstić information content (AvgIpc) is 2.81. The Labute approximate surface area is 112 Å². The van der Waals surface area contributed by atoms with Crippen LogP contribution < -0.4 is 5.32 Å². The highest BCUT2D eigenvalue weighted by Crippen LogP contribution is 2.33. The molecule has 0 aromatic carbocycles. The number of nitrogens with one attached hydrogen (secondary N) is 1. The summed E-state index contributed by atoms with van der Waals surface area (Å²) < 4.78 is 0. The zero-order valence-electron chi connectivity index (χ0n) is 9.30. The summed E-state index contributed by atoms with van der Waals surface area (Å²) in [6, 6.07) is 0. The predicted octanol–water partition coefficient (Wildman–Crippen LogP) is 2.32. The van der Waals surface area contributed by atoms with Crippen LogP contribution in [-0.2, 0) is 9.59 Å². The van der Waals surface area contributed by atoms with Crippen molar-refractivity contribution in [2.24, 2.45) is 11.8 Å². The number of amides is 1. The minimum Gasteiger partial charge on any atom is -0.481 e. The average molecular weight is 287 g/mol. The van der Waals surface area contributed by atoms with E-state index in [9.17, 15) is 9.59 Å². The van der Waals surface area contributed by atoms with Crippen LogP contribution in [0.1, 0.15) is 12.8 Å². The number of nitrogens with zero attached hydrogens (tertiary/aromatic N) is 1. The molecular formula is C11H11ClN2O3S. The van der Waals surface area contributed by atoms with Gasteiger partial charge in [-0.25, -0.2) is 0 Å². The van der Waals surface area contributed by atoms with Gasteiger partial charge in [-0.1, -0.05) is 17.7 Å². The van der Waals surface area contributed by atoms with E-state index in [0.29, 0.717) is 10.0 Å². The molecule has 1 heterocycles. The van der Waals surface area contributed by atoms with E-state index in [-0.39, 0.29) is 18.7 Å². The van der Waals surface area contributed by atoms with Gasteiger partial charge < -0.3 is 10.4 Å². The first-order valence-corrected chi connectivity index (χ1v) is 6.60. The number of carboxylic acids is 1. The Morgan fingerprint density at radius 1 is 1.50 bits per heavy atom. The van der Waals surface area contributed by atoms with Crippen molar-refractivity contribution in [1.82, 2.24) is 4.98 Å². The van der Waals surface area contributed by atoms with E-state index in [2.05, 4.69) is 10.3 Å². The first kappa shape index (κ1) is 13.0. The molecular weight excluding hydrogens is 276 g/mol. The Morgan fingerprint density at radius 2 is 2.28 bits per heavy atom. The highest BCUT2D eigenvalue weighted by molar-refractivity contribution is 7.13. The van der Waals surface area contributed by atoms with Gasteiger partial charge in [0.25, 0.3) is 0 Å². The summed E-state index contributed by atoms with van der Waals surface area (Å²) in [5.41, 5.74) is 1.60. The van der Waals surface area contributed by atoms with Gasteiger partial charge in [0.2, 0.25) is 5.91 Å². The standard InChI is InChI=1S/C11H11ClN2O3S/c12-6-1-2-7(11(16)17)8(3-6)10(15)14-9-4-13-5-18-9/h1,4-5,7-8H,2-3H2,(H,14,15)(H,16,17)/t7-,8-/m0/s1. The van der Waals surface area contributed by atoms with E-state index < -0.39 is 17.8 Å². The van der Waals surface area contributed by atoms with Crippen molar-refractivity contribution in [2.45, 2.75) is 12.8 Å². The topological polar surface area (TPSA) is 79.3 Å². The van der Waals surface area contributed by atoms with Gasteiger partial charge in [-0.3, -0.25) is 14.6 Å². The third-order valence-corrected chi connectivity index (χ3v) is 3.82. The predicted molar refractivity (Wildman–Crippen MR) is 68.5 cm³/mol. The summed E-state index contributed by atoms with van der Waals surface area (Å²) in [6.45, 7) is 0. The summed E-state index contributed by atoms with van der Waals surface area (Å²) >= 11 is 7.17. The Hall–Kier alpha value is -1.40. The molecule has 5 nitrogen and oxygen atoms in total. The van der Waals surface area contributed by atoms with Gasteiger partial charge in [-0.05, 0) is 12.8 Å². The van der Waals surface area contributed by atoms with Crippen molar-refractivity contribution < 1.29 is 14.7 Å². The number of hydrogen-bond acceptors (Lipinski definition) is 4. The molecule has 0 saturated carbocycles. The minimum absolute atomic E-state index is 0.267. The number of carbonyl (C=O) groups excluding carboxylic acids is 1. The van der Waals surface area contributed by atoms with Crippen LogP contribution in [0.4, 0.5) is 5.00 Å². The zero-order chi connectivity index (χ0) is 13.1. The smallest absolute Gasteiger partial charge is 0.307 e. The van der Waals surface area contributed by atoms with Crippen LogP contribution in [0.5, 0.6) is 0 Å². The number of anilines is 1. The zero-order valence-corrected chi connectivity index (χ0v) is 10.9. The van der Waals surface area contributed by atoms with E-state index in [4.69, 9.17) is 16.7 Å². The third-order valence-electron chi connectivity index (χ3n) is 2.83. The number of aliphatic carboxylic acids is 1. The van der Waals surface area contributed by atoms with Gasteiger partial charge in [0.1, 0.15) is 5.00 Å². The van der Waals surface area contributed by atoms with Crippen LogP contribution in [-0.4, -0.2) is 22.0 Å². The maximum Gasteiger partial charge on any atom is 0.307 e. The molecule has 2 N–H and O–H groups in total. The van der Waals surface area contributed by atoms with Crippen LogP contribution in [0, 0.1) is 11.8 Å². The van der Waals surface area contributed by atoms with Crippen molar-refractivity contribution in [3.63, 3.8) is 0 Å². The largest absolute Gasteiger partial charge is 0.481 e. The lowest BCUT2D eigenvalue weighted by Gasteiger charge is -2.25. The van der Waals surface area contributed by atoms with Crippen LogP contribution >= 0.6 is 22.9 Å². The van der Waals surface area contributed by atoms with E-state index in [1.807, 2.05) is 0 Å². The van der Waals surface area contributed by atoms with Crippen LogP contribution in [0.15, 0.2) is 22.8 Å². The molecule has 7 heteroatoms. The molecule has 1 amide bonds. The second-order valence-electron chi connectivity index (χ2n) is 4.00. The quantitative estimate of drug-likeness (QED) is 0.894. The van der Waals surface area contributed by atoms with Gasteiger partial charge in [0.15, 0.2) is 0 Å². The molecule has 0 unspecified atom stereocenters. The van der Waals surface area contributed by atoms with E-state index in [1.165, 1.54) is 17.5 Å². The maximum atomic E-state index is 12.0.